The third kappa shape index (κ3) is 3.48. The minimum Gasteiger partial charge on any atom is -0.297 e. The molecule has 0 bridgehead atoms. The highest BCUT2D eigenvalue weighted by Crippen LogP contribution is 2.42. The minimum absolute atomic E-state index is 0.0232. The summed E-state index contributed by atoms with van der Waals surface area (Å²) in [5.41, 5.74) is 1.05. The molecule has 1 atom stereocenters. The molecule has 24 heavy (non-hydrogen) atoms. The Morgan fingerprint density at radius 1 is 0.917 bits per heavy atom. The van der Waals surface area contributed by atoms with Gasteiger partial charge >= 0.3 is 0 Å². The predicted molar refractivity (Wildman–Crippen MR) is 100 cm³/mol. The van der Waals surface area contributed by atoms with Crippen molar-refractivity contribution < 1.29 is 4.57 Å². The molecule has 0 saturated heterocycles. The van der Waals surface area contributed by atoms with Crippen LogP contribution in [0.2, 0.25) is 0 Å². The summed E-state index contributed by atoms with van der Waals surface area (Å²) in [5, 5.41) is 5.08. The van der Waals surface area contributed by atoms with E-state index < -0.39 is 7.29 Å². The van der Waals surface area contributed by atoms with Gasteiger partial charge in [-0.1, -0.05) is 49.4 Å². The first kappa shape index (κ1) is 16.6. The molecule has 3 aromatic rings. The molecule has 4 heteroatoms. The molecular formula is C20H21N2OP. The van der Waals surface area contributed by atoms with E-state index in [0.717, 1.165) is 22.6 Å². The van der Waals surface area contributed by atoms with Crippen LogP contribution in [0.15, 0.2) is 85.2 Å². The number of benzene rings is 2. The summed E-state index contributed by atoms with van der Waals surface area (Å²) < 4.78 is 14.0. The van der Waals surface area contributed by atoms with E-state index in [1.807, 2.05) is 79.0 Å². The summed E-state index contributed by atoms with van der Waals surface area (Å²) in [6.45, 7) is 2.09. The van der Waals surface area contributed by atoms with Gasteiger partial charge in [-0.15, -0.1) is 0 Å². The summed E-state index contributed by atoms with van der Waals surface area (Å²) in [6, 6.07) is 23.2. The summed E-state index contributed by atoms with van der Waals surface area (Å²) >= 11 is 0. The summed E-state index contributed by atoms with van der Waals surface area (Å²) in [4.78, 5) is 4.20. The standard InChI is InChI=1S/C20H21N2OP/c1-2-20(17-10-9-15-21-16-17)22-24(23,18-11-5-3-6-12-18)19-13-7-4-8-14-19/h3-16,20H,2H2,1H3,(H,22,23)/t20-/m1/s1. The van der Waals surface area contributed by atoms with Crippen molar-refractivity contribution in [2.75, 3.05) is 0 Å². The average Bonchev–Trinajstić information content (AvgIpc) is 2.68. The highest BCUT2D eigenvalue weighted by Gasteiger charge is 2.30. The second-order valence-corrected chi connectivity index (χ2v) is 8.17. The lowest BCUT2D eigenvalue weighted by Crippen LogP contribution is -2.30. The van der Waals surface area contributed by atoms with E-state index in [1.165, 1.54) is 0 Å². The summed E-state index contributed by atoms with van der Waals surface area (Å²) in [6.07, 6.45) is 4.42. The van der Waals surface area contributed by atoms with Gasteiger partial charge in [0.15, 0.2) is 0 Å². The van der Waals surface area contributed by atoms with Crippen LogP contribution in [0.5, 0.6) is 0 Å². The highest BCUT2D eigenvalue weighted by molar-refractivity contribution is 7.76. The molecule has 1 N–H and O–H groups in total. The summed E-state index contributed by atoms with van der Waals surface area (Å²) in [7, 11) is -2.94. The van der Waals surface area contributed by atoms with Crippen molar-refractivity contribution in [3.05, 3.63) is 90.8 Å². The van der Waals surface area contributed by atoms with Crippen molar-refractivity contribution in [1.82, 2.24) is 10.1 Å². The maximum Gasteiger partial charge on any atom is 0.205 e. The minimum atomic E-state index is -2.94. The maximum atomic E-state index is 14.0. The lowest BCUT2D eigenvalue weighted by Gasteiger charge is -2.26. The zero-order chi connectivity index (χ0) is 16.8. The molecule has 2 aromatic carbocycles. The second-order valence-electron chi connectivity index (χ2n) is 5.66. The molecule has 0 amide bonds. The molecule has 0 aliphatic rings. The fourth-order valence-corrected chi connectivity index (χ4v) is 5.33. The van der Waals surface area contributed by atoms with Crippen LogP contribution in [0.4, 0.5) is 0 Å². The van der Waals surface area contributed by atoms with Crippen molar-refractivity contribution in [2.24, 2.45) is 0 Å². The van der Waals surface area contributed by atoms with Crippen LogP contribution in [0.25, 0.3) is 0 Å². The quantitative estimate of drug-likeness (QED) is 0.691. The Labute approximate surface area is 143 Å². The largest absolute Gasteiger partial charge is 0.297 e. The van der Waals surface area contributed by atoms with Crippen molar-refractivity contribution in [2.45, 2.75) is 19.4 Å². The molecule has 1 heterocycles. The molecule has 3 rings (SSSR count). The molecule has 0 aliphatic carbocycles. The lowest BCUT2D eigenvalue weighted by molar-refractivity contribution is 0.555. The SMILES string of the molecule is CC[C@@H](NP(=O)(c1ccccc1)c1ccccc1)c1cccnc1. The Hall–Kier alpha value is -2.22. The van der Waals surface area contributed by atoms with Crippen LogP contribution >= 0.6 is 7.29 Å². The van der Waals surface area contributed by atoms with Gasteiger partial charge in [0.25, 0.3) is 0 Å². The fourth-order valence-electron chi connectivity index (χ4n) is 2.78. The smallest absolute Gasteiger partial charge is 0.205 e. The monoisotopic (exact) mass is 336 g/mol. The Morgan fingerprint density at radius 2 is 1.50 bits per heavy atom. The second kappa shape index (κ2) is 7.57. The van der Waals surface area contributed by atoms with E-state index >= 15 is 0 Å². The van der Waals surface area contributed by atoms with Crippen molar-refractivity contribution in [3.8, 4) is 0 Å². The molecule has 3 nitrogen and oxygen atoms in total. The number of pyridine rings is 1. The number of rotatable bonds is 6. The predicted octanol–water partition coefficient (Wildman–Crippen LogP) is 4.05. The lowest BCUT2D eigenvalue weighted by atomic mass is 10.1. The number of nitrogens with zero attached hydrogens (tertiary/aromatic N) is 1. The zero-order valence-electron chi connectivity index (χ0n) is 13.7. The van der Waals surface area contributed by atoms with Gasteiger partial charge in [0.1, 0.15) is 0 Å². The molecule has 0 aliphatic heterocycles. The normalized spacial score (nSPS) is 12.7. The third-order valence-corrected chi connectivity index (χ3v) is 6.80. The van der Waals surface area contributed by atoms with E-state index in [0.29, 0.717) is 0 Å². The maximum absolute atomic E-state index is 14.0. The molecular weight excluding hydrogens is 315 g/mol. The van der Waals surface area contributed by atoms with Crippen LogP contribution in [-0.4, -0.2) is 4.98 Å². The van der Waals surface area contributed by atoms with Gasteiger partial charge in [0, 0.05) is 29.0 Å². The zero-order valence-corrected chi connectivity index (χ0v) is 14.6. The van der Waals surface area contributed by atoms with E-state index in [-0.39, 0.29) is 6.04 Å². The van der Waals surface area contributed by atoms with Gasteiger partial charge in [-0.3, -0.25) is 14.6 Å². The van der Waals surface area contributed by atoms with Crippen LogP contribution in [0, 0.1) is 0 Å². The fraction of sp³-hybridized carbons (Fsp3) is 0.150. The van der Waals surface area contributed by atoms with Crippen LogP contribution in [0.1, 0.15) is 24.9 Å². The van der Waals surface area contributed by atoms with E-state index in [1.54, 1.807) is 6.20 Å². The van der Waals surface area contributed by atoms with Crippen LogP contribution in [-0.2, 0) is 4.57 Å². The number of aromatic nitrogens is 1. The Morgan fingerprint density at radius 3 is 1.96 bits per heavy atom. The van der Waals surface area contributed by atoms with E-state index in [9.17, 15) is 4.57 Å². The van der Waals surface area contributed by atoms with E-state index in [2.05, 4.69) is 17.0 Å². The number of nitrogens with one attached hydrogen (secondary N) is 1. The van der Waals surface area contributed by atoms with Gasteiger partial charge in [-0.25, -0.2) is 0 Å². The van der Waals surface area contributed by atoms with E-state index in [4.69, 9.17) is 0 Å². The molecule has 0 fully saturated rings. The van der Waals surface area contributed by atoms with Gasteiger partial charge in [0.05, 0.1) is 0 Å². The van der Waals surface area contributed by atoms with Crippen molar-refractivity contribution in [3.63, 3.8) is 0 Å². The number of hydrogen-bond donors (Lipinski definition) is 1. The van der Waals surface area contributed by atoms with Gasteiger partial charge in [-0.2, -0.15) is 0 Å². The Kier molecular flexibility index (Phi) is 5.24. The third-order valence-electron chi connectivity index (χ3n) is 4.07. The molecule has 0 unspecified atom stereocenters. The molecule has 0 saturated carbocycles. The van der Waals surface area contributed by atoms with Crippen LogP contribution < -0.4 is 15.7 Å². The van der Waals surface area contributed by atoms with Gasteiger partial charge < -0.3 is 0 Å². The average molecular weight is 336 g/mol. The van der Waals surface area contributed by atoms with Gasteiger partial charge in [0.2, 0.25) is 7.29 Å². The molecule has 122 valence electrons. The molecule has 0 radical (unpaired) electrons. The number of hydrogen-bond acceptors (Lipinski definition) is 2. The Balaban J connectivity index is 2.04. The van der Waals surface area contributed by atoms with Gasteiger partial charge in [-0.05, 0) is 42.3 Å². The first-order chi connectivity index (χ1) is 11.7. The summed E-state index contributed by atoms with van der Waals surface area (Å²) in [5.74, 6) is 0. The highest BCUT2D eigenvalue weighted by atomic mass is 31.2. The Bertz CT molecular complexity index is 763. The van der Waals surface area contributed by atoms with Crippen molar-refractivity contribution in [1.29, 1.82) is 0 Å². The first-order valence-corrected chi connectivity index (χ1v) is 9.83. The van der Waals surface area contributed by atoms with Crippen LogP contribution in [0.3, 0.4) is 0 Å². The first-order valence-electron chi connectivity index (χ1n) is 8.13. The molecule has 0 spiro atoms. The molecule has 1 aromatic heterocycles. The topological polar surface area (TPSA) is 42.0 Å². The van der Waals surface area contributed by atoms with Crippen molar-refractivity contribution >= 4 is 17.9 Å².